The summed E-state index contributed by atoms with van der Waals surface area (Å²) in [6, 6.07) is 0. The van der Waals surface area contributed by atoms with Gasteiger partial charge >= 0.3 is 19.8 Å². The van der Waals surface area contributed by atoms with Gasteiger partial charge in [-0.25, -0.2) is 4.57 Å². The summed E-state index contributed by atoms with van der Waals surface area (Å²) in [7, 11) is -4.85. The van der Waals surface area contributed by atoms with Crippen molar-refractivity contribution in [2.24, 2.45) is 0 Å². The van der Waals surface area contributed by atoms with Gasteiger partial charge in [-0.15, -0.1) is 0 Å². The van der Waals surface area contributed by atoms with Gasteiger partial charge in [-0.1, -0.05) is 123 Å². The number of hydrogen-bond acceptors (Lipinski definition) is 9. The van der Waals surface area contributed by atoms with Gasteiger partial charge in [0.1, 0.15) is 6.61 Å². The molecule has 0 amide bonds. The van der Waals surface area contributed by atoms with E-state index in [1.165, 1.54) is 6.08 Å². The van der Waals surface area contributed by atoms with Crippen molar-refractivity contribution in [2.45, 2.75) is 122 Å². The van der Waals surface area contributed by atoms with Gasteiger partial charge in [-0.05, 0) is 70.6 Å². The van der Waals surface area contributed by atoms with Gasteiger partial charge in [-0.2, -0.15) is 0 Å². The lowest BCUT2D eigenvalue weighted by Gasteiger charge is -2.18. The normalized spacial score (nSPS) is 15.5. The highest BCUT2D eigenvalue weighted by Gasteiger charge is 2.23. The zero-order valence-corrected chi connectivity index (χ0v) is 32.3. The Kier molecular flexibility index (Phi) is 32.2. The molecule has 0 rings (SSSR count). The third-order valence-corrected chi connectivity index (χ3v) is 7.61. The second-order valence-electron chi connectivity index (χ2n) is 12.0. The molecule has 298 valence electrons. The Bertz CT molecular complexity index is 1270. The Labute approximate surface area is 316 Å². The molecule has 0 fully saturated rings. The quantitative estimate of drug-likeness (QED) is 0.0153. The van der Waals surface area contributed by atoms with E-state index in [4.69, 9.17) is 19.3 Å². The van der Waals surface area contributed by atoms with Crippen molar-refractivity contribution < 1.29 is 53.3 Å². The predicted octanol–water partition coefficient (Wildman–Crippen LogP) is 7.75. The van der Waals surface area contributed by atoms with Crippen LogP contribution in [0.3, 0.4) is 0 Å². The van der Waals surface area contributed by atoms with Crippen molar-refractivity contribution in [1.82, 2.24) is 0 Å². The number of aliphatic hydroxyl groups is 3. The lowest BCUT2D eigenvalue weighted by molar-refractivity contribution is -0.161. The third kappa shape index (κ3) is 35.4. The van der Waals surface area contributed by atoms with Crippen molar-refractivity contribution in [3.8, 4) is 0 Å². The Morgan fingerprint density at radius 3 is 1.81 bits per heavy atom. The van der Waals surface area contributed by atoms with Gasteiger partial charge in [0.2, 0.25) is 0 Å². The monoisotopic (exact) mass is 762 g/mol. The molecule has 4 atom stereocenters. The first-order chi connectivity index (χ1) is 25.5. The number of unbranched alkanes of at least 4 members (excludes halogenated alkanes) is 2. The van der Waals surface area contributed by atoms with Crippen molar-refractivity contribution in [3.63, 3.8) is 0 Å². The first-order valence-corrected chi connectivity index (χ1v) is 20.0. The lowest BCUT2D eigenvalue weighted by atomic mass is 10.1. The molecule has 0 saturated heterocycles. The number of hydrogen-bond donors (Lipinski definition) is 5. The highest BCUT2D eigenvalue weighted by atomic mass is 31.2. The average Bonchev–Trinajstić information content (AvgIpc) is 3.11. The molecule has 0 aromatic rings. The number of carbonyl (C=O) groups is 2. The molecule has 0 aromatic carbocycles. The van der Waals surface area contributed by atoms with E-state index in [0.717, 1.165) is 44.9 Å². The number of phosphoric acid groups is 1. The SMILES string of the molecule is CC/C=C\C/C=C\C/C=C\C/C=C\CCCCC(=O)O[C@H](COC(=O)CCC[C@H](O)[C@@H](O)\C=C/C=C\C=C\C=C\[C@H](O)C/C=C\CC)COP(=O)(O)O. The number of phosphoric ester groups is 1. The topological polar surface area (TPSA) is 180 Å². The molecule has 53 heavy (non-hydrogen) atoms. The molecule has 0 aliphatic rings. The molecule has 12 heteroatoms. The van der Waals surface area contributed by atoms with Gasteiger partial charge in [0.15, 0.2) is 6.10 Å². The van der Waals surface area contributed by atoms with E-state index in [2.05, 4.69) is 54.0 Å². The molecular formula is C41H63O11P. The van der Waals surface area contributed by atoms with Gasteiger partial charge in [0, 0.05) is 12.8 Å². The Balaban J connectivity index is 4.43. The van der Waals surface area contributed by atoms with Crippen LogP contribution >= 0.6 is 7.82 Å². The van der Waals surface area contributed by atoms with E-state index in [-0.39, 0.29) is 25.7 Å². The molecule has 0 aromatic heterocycles. The van der Waals surface area contributed by atoms with Crippen molar-refractivity contribution in [1.29, 1.82) is 0 Å². The smallest absolute Gasteiger partial charge is 0.462 e. The van der Waals surface area contributed by atoms with Crippen LogP contribution in [0, 0.1) is 0 Å². The first kappa shape index (κ1) is 49.6. The summed E-state index contributed by atoms with van der Waals surface area (Å²) in [5.41, 5.74) is 0. The number of ether oxygens (including phenoxy) is 2. The van der Waals surface area contributed by atoms with Crippen molar-refractivity contribution in [3.05, 3.63) is 109 Å². The number of carbonyl (C=O) groups excluding carboxylic acids is 2. The minimum Gasteiger partial charge on any atom is -0.462 e. The van der Waals surface area contributed by atoms with Crippen LogP contribution in [0.2, 0.25) is 0 Å². The summed E-state index contributed by atoms with van der Waals surface area (Å²) in [5, 5.41) is 30.2. The van der Waals surface area contributed by atoms with Crippen LogP contribution in [0.1, 0.15) is 97.3 Å². The Hall–Kier alpha value is -3.41. The first-order valence-electron chi connectivity index (χ1n) is 18.5. The van der Waals surface area contributed by atoms with Crippen LogP contribution in [0.4, 0.5) is 0 Å². The molecule has 0 bridgehead atoms. The fourth-order valence-electron chi connectivity index (χ4n) is 4.29. The Morgan fingerprint density at radius 1 is 0.642 bits per heavy atom. The maximum Gasteiger partial charge on any atom is 0.469 e. The van der Waals surface area contributed by atoms with Gasteiger partial charge in [0.05, 0.1) is 24.9 Å². The molecule has 0 heterocycles. The summed E-state index contributed by atoms with van der Waals surface area (Å²) in [4.78, 5) is 42.7. The van der Waals surface area contributed by atoms with Crippen molar-refractivity contribution in [2.75, 3.05) is 13.2 Å². The van der Waals surface area contributed by atoms with Gasteiger partial charge < -0.3 is 34.6 Å². The van der Waals surface area contributed by atoms with Crippen LogP contribution in [-0.2, 0) is 28.2 Å². The maximum absolute atomic E-state index is 12.4. The van der Waals surface area contributed by atoms with Gasteiger partial charge in [0.25, 0.3) is 0 Å². The second kappa shape index (κ2) is 34.4. The fraction of sp³-hybridized carbons (Fsp3) is 0.512. The molecule has 0 radical (unpaired) electrons. The summed E-state index contributed by atoms with van der Waals surface area (Å²) in [6.07, 6.45) is 37.7. The number of rotatable bonds is 31. The van der Waals surface area contributed by atoms with E-state index in [0.29, 0.717) is 12.8 Å². The third-order valence-electron chi connectivity index (χ3n) is 7.13. The van der Waals surface area contributed by atoms with E-state index < -0.39 is 57.4 Å². The zero-order valence-electron chi connectivity index (χ0n) is 31.4. The van der Waals surface area contributed by atoms with Crippen LogP contribution in [-0.4, -0.2) is 74.7 Å². The zero-order chi connectivity index (χ0) is 39.4. The number of esters is 2. The highest BCUT2D eigenvalue weighted by molar-refractivity contribution is 7.46. The van der Waals surface area contributed by atoms with Gasteiger partial charge in [-0.3, -0.25) is 14.1 Å². The Morgan fingerprint density at radius 2 is 1.19 bits per heavy atom. The largest absolute Gasteiger partial charge is 0.469 e. The summed E-state index contributed by atoms with van der Waals surface area (Å²) >= 11 is 0. The van der Waals surface area contributed by atoms with Crippen LogP contribution in [0.5, 0.6) is 0 Å². The van der Waals surface area contributed by atoms with E-state index in [1.54, 1.807) is 42.5 Å². The minimum atomic E-state index is -4.85. The standard InChI is InChI=1S/C41H63O11P/c1-3-5-7-8-9-10-11-12-13-14-15-16-17-22-26-32-41(46)52-37(35-51-53(47,48)49)34-50-40(45)33-27-31-39(44)38(43)30-25-21-19-18-20-24-29-36(42)28-23-6-4-2/h5-7,9-10,12-13,15-16,18-21,23-25,29-30,36-39,42-44H,3-4,8,11,14,17,22,26-28,31-35H2,1-2H3,(H2,47,48,49)/b7-5-,10-9-,13-12-,16-15-,20-18+,21-19-,23-6-,29-24+,30-25-/t36-,37-,38+,39+/m1/s1. The number of aliphatic hydroxyl groups excluding tert-OH is 3. The van der Waals surface area contributed by atoms with Crippen LogP contribution in [0.15, 0.2) is 109 Å². The molecule has 0 unspecified atom stereocenters. The molecule has 0 saturated carbocycles. The molecule has 0 aliphatic carbocycles. The highest BCUT2D eigenvalue weighted by Crippen LogP contribution is 2.35. The van der Waals surface area contributed by atoms with E-state index in [1.807, 2.05) is 25.2 Å². The fourth-order valence-corrected chi connectivity index (χ4v) is 4.65. The summed E-state index contributed by atoms with van der Waals surface area (Å²) in [5.74, 6) is -1.28. The molecular weight excluding hydrogens is 699 g/mol. The minimum absolute atomic E-state index is 0.0782. The number of allylic oxidation sites excluding steroid dienone is 15. The van der Waals surface area contributed by atoms with Crippen LogP contribution in [0.25, 0.3) is 0 Å². The summed E-state index contributed by atoms with van der Waals surface area (Å²) < 4.78 is 26.0. The second-order valence-corrected chi connectivity index (χ2v) is 13.2. The average molecular weight is 763 g/mol. The van der Waals surface area contributed by atoms with Crippen LogP contribution < -0.4 is 0 Å². The van der Waals surface area contributed by atoms with Crippen molar-refractivity contribution >= 4 is 19.8 Å². The van der Waals surface area contributed by atoms with E-state index in [9.17, 15) is 29.5 Å². The lowest BCUT2D eigenvalue weighted by Crippen LogP contribution is -2.29. The molecule has 5 N–H and O–H groups in total. The maximum atomic E-state index is 12.4. The molecule has 11 nitrogen and oxygen atoms in total. The predicted molar refractivity (Wildman–Crippen MR) is 210 cm³/mol. The molecule has 0 aliphatic heterocycles. The summed E-state index contributed by atoms with van der Waals surface area (Å²) in [6.45, 7) is 3.01. The van der Waals surface area contributed by atoms with E-state index >= 15 is 0 Å². The molecule has 0 spiro atoms.